The van der Waals surface area contributed by atoms with E-state index in [-0.39, 0.29) is 24.0 Å². The normalized spacial score (nSPS) is 27.1. The van der Waals surface area contributed by atoms with Gasteiger partial charge in [0, 0.05) is 44.1 Å². The zero-order valence-corrected chi connectivity index (χ0v) is 10.8. The SMILES string of the molecule is CC(C)(C)OC(=O)N1CC2(CNC[C@@H]2CO)C1. The fourth-order valence-electron chi connectivity index (χ4n) is 2.65. The van der Waals surface area contributed by atoms with Gasteiger partial charge in [-0.1, -0.05) is 0 Å². The topological polar surface area (TPSA) is 61.8 Å². The number of carbonyl (C=O) groups is 1. The highest BCUT2D eigenvalue weighted by Crippen LogP contribution is 2.40. The zero-order chi connectivity index (χ0) is 12.7. The summed E-state index contributed by atoms with van der Waals surface area (Å²) in [7, 11) is 0. The average molecular weight is 242 g/mol. The van der Waals surface area contributed by atoms with Gasteiger partial charge in [-0.3, -0.25) is 0 Å². The Balaban J connectivity index is 1.88. The first-order valence-corrected chi connectivity index (χ1v) is 6.16. The Bertz CT molecular complexity index is 305. The van der Waals surface area contributed by atoms with Gasteiger partial charge < -0.3 is 20.1 Å². The molecule has 1 amide bonds. The minimum absolute atomic E-state index is 0.0751. The Hall–Kier alpha value is -0.810. The van der Waals surface area contributed by atoms with Gasteiger partial charge in [0.1, 0.15) is 5.60 Å². The molecule has 2 aliphatic heterocycles. The molecule has 5 nitrogen and oxygen atoms in total. The summed E-state index contributed by atoms with van der Waals surface area (Å²) >= 11 is 0. The van der Waals surface area contributed by atoms with Gasteiger partial charge in [-0.2, -0.15) is 0 Å². The van der Waals surface area contributed by atoms with Gasteiger partial charge in [0.15, 0.2) is 0 Å². The van der Waals surface area contributed by atoms with E-state index < -0.39 is 5.60 Å². The van der Waals surface area contributed by atoms with Gasteiger partial charge in [0.05, 0.1) is 0 Å². The summed E-state index contributed by atoms with van der Waals surface area (Å²) in [4.78, 5) is 13.5. The van der Waals surface area contributed by atoms with Gasteiger partial charge in [-0.25, -0.2) is 4.79 Å². The number of aliphatic hydroxyl groups excluding tert-OH is 1. The Morgan fingerprint density at radius 1 is 1.53 bits per heavy atom. The molecule has 17 heavy (non-hydrogen) atoms. The van der Waals surface area contributed by atoms with E-state index in [1.54, 1.807) is 4.90 Å². The molecule has 5 heteroatoms. The van der Waals surface area contributed by atoms with E-state index in [4.69, 9.17) is 4.74 Å². The first-order valence-electron chi connectivity index (χ1n) is 6.16. The summed E-state index contributed by atoms with van der Waals surface area (Å²) in [5.74, 6) is 0.265. The number of ether oxygens (including phenoxy) is 1. The Kier molecular flexibility index (Phi) is 3.08. The lowest BCUT2D eigenvalue weighted by Crippen LogP contribution is -2.63. The third kappa shape index (κ3) is 2.40. The van der Waals surface area contributed by atoms with Crippen LogP contribution in [0.1, 0.15) is 20.8 Å². The van der Waals surface area contributed by atoms with Crippen molar-refractivity contribution in [3.8, 4) is 0 Å². The predicted octanol–water partition coefficient (Wildman–Crippen LogP) is 0.435. The molecule has 1 spiro atoms. The summed E-state index contributed by atoms with van der Waals surface area (Å²) in [5.41, 5.74) is -0.365. The quantitative estimate of drug-likeness (QED) is 0.700. The van der Waals surface area contributed by atoms with Gasteiger partial charge in [0.2, 0.25) is 0 Å². The van der Waals surface area contributed by atoms with Gasteiger partial charge in [-0.15, -0.1) is 0 Å². The molecule has 0 saturated carbocycles. The third-order valence-electron chi connectivity index (χ3n) is 3.62. The first kappa shape index (κ1) is 12.6. The van der Waals surface area contributed by atoms with Crippen LogP contribution in [0.5, 0.6) is 0 Å². The second-order valence-electron chi connectivity index (χ2n) is 6.21. The van der Waals surface area contributed by atoms with Crippen LogP contribution >= 0.6 is 0 Å². The van der Waals surface area contributed by atoms with Crippen LogP contribution in [0.15, 0.2) is 0 Å². The first-order chi connectivity index (χ1) is 7.86. The summed E-state index contributed by atoms with van der Waals surface area (Å²) < 4.78 is 5.32. The van der Waals surface area contributed by atoms with Crippen molar-refractivity contribution in [2.75, 3.05) is 32.8 Å². The van der Waals surface area contributed by atoms with Crippen molar-refractivity contribution >= 4 is 6.09 Å². The van der Waals surface area contributed by atoms with Crippen LogP contribution in [-0.2, 0) is 4.74 Å². The number of aliphatic hydroxyl groups is 1. The fraction of sp³-hybridized carbons (Fsp3) is 0.917. The van der Waals surface area contributed by atoms with Crippen LogP contribution in [-0.4, -0.2) is 54.5 Å². The van der Waals surface area contributed by atoms with Gasteiger partial charge in [-0.05, 0) is 20.8 Å². The number of likely N-dealkylation sites (tertiary alicyclic amines) is 1. The van der Waals surface area contributed by atoms with Gasteiger partial charge >= 0.3 is 6.09 Å². The van der Waals surface area contributed by atoms with E-state index in [0.717, 1.165) is 13.1 Å². The molecule has 0 unspecified atom stereocenters. The second-order valence-corrected chi connectivity index (χ2v) is 6.21. The largest absolute Gasteiger partial charge is 0.444 e. The molecule has 98 valence electrons. The van der Waals surface area contributed by atoms with Crippen molar-refractivity contribution in [3.05, 3.63) is 0 Å². The molecule has 0 bridgehead atoms. The molecule has 0 aliphatic carbocycles. The molecule has 0 radical (unpaired) electrons. The monoisotopic (exact) mass is 242 g/mol. The van der Waals surface area contributed by atoms with Gasteiger partial charge in [0.25, 0.3) is 0 Å². The molecular formula is C12H22N2O3. The molecule has 2 fully saturated rings. The number of amides is 1. The van der Waals surface area contributed by atoms with E-state index in [0.29, 0.717) is 13.1 Å². The van der Waals surface area contributed by atoms with E-state index in [2.05, 4.69) is 5.32 Å². The molecule has 1 atom stereocenters. The predicted molar refractivity (Wildman–Crippen MR) is 63.7 cm³/mol. The van der Waals surface area contributed by atoms with E-state index in [1.807, 2.05) is 20.8 Å². The highest BCUT2D eigenvalue weighted by molar-refractivity contribution is 5.69. The van der Waals surface area contributed by atoms with Crippen molar-refractivity contribution in [2.45, 2.75) is 26.4 Å². The summed E-state index contributed by atoms with van der Waals surface area (Å²) in [6, 6.07) is 0. The Labute approximate surface area is 102 Å². The number of nitrogens with one attached hydrogen (secondary N) is 1. The van der Waals surface area contributed by atoms with Crippen molar-refractivity contribution in [2.24, 2.45) is 11.3 Å². The molecule has 0 aromatic heterocycles. The Morgan fingerprint density at radius 3 is 2.71 bits per heavy atom. The van der Waals surface area contributed by atoms with E-state index in [1.165, 1.54) is 0 Å². The highest BCUT2D eigenvalue weighted by atomic mass is 16.6. The van der Waals surface area contributed by atoms with Crippen molar-refractivity contribution in [3.63, 3.8) is 0 Å². The maximum absolute atomic E-state index is 11.8. The lowest BCUT2D eigenvalue weighted by Gasteiger charge is -2.50. The maximum atomic E-state index is 11.8. The minimum atomic E-state index is -0.440. The van der Waals surface area contributed by atoms with Crippen molar-refractivity contribution in [1.82, 2.24) is 10.2 Å². The van der Waals surface area contributed by atoms with Crippen LogP contribution in [0.3, 0.4) is 0 Å². The smallest absolute Gasteiger partial charge is 0.410 e. The van der Waals surface area contributed by atoms with Crippen LogP contribution in [0.4, 0.5) is 4.79 Å². The standard InChI is InChI=1S/C12H22N2O3/c1-11(2,3)17-10(16)14-7-12(8-14)6-13-4-9(12)5-15/h9,13,15H,4-8H2,1-3H3/t9-/m1/s1. The van der Waals surface area contributed by atoms with Crippen LogP contribution in [0.25, 0.3) is 0 Å². The number of hydrogen-bond donors (Lipinski definition) is 2. The zero-order valence-electron chi connectivity index (χ0n) is 10.8. The molecule has 2 N–H and O–H groups in total. The number of hydrogen-bond acceptors (Lipinski definition) is 4. The highest BCUT2D eigenvalue weighted by Gasteiger charge is 2.53. The van der Waals surface area contributed by atoms with E-state index in [9.17, 15) is 9.90 Å². The lowest BCUT2D eigenvalue weighted by atomic mass is 9.72. The van der Waals surface area contributed by atoms with Crippen molar-refractivity contribution < 1.29 is 14.6 Å². The molecule has 0 aromatic rings. The summed E-state index contributed by atoms with van der Waals surface area (Å²) in [6.07, 6.45) is -0.244. The summed E-state index contributed by atoms with van der Waals surface area (Å²) in [5, 5.41) is 12.6. The van der Waals surface area contributed by atoms with Crippen LogP contribution in [0.2, 0.25) is 0 Å². The number of nitrogens with zero attached hydrogens (tertiary/aromatic N) is 1. The summed E-state index contributed by atoms with van der Waals surface area (Å²) in [6.45, 7) is 8.92. The molecule has 2 rings (SSSR count). The molecular weight excluding hydrogens is 220 g/mol. The minimum Gasteiger partial charge on any atom is -0.444 e. The lowest BCUT2D eigenvalue weighted by molar-refractivity contribution is -0.0512. The Morgan fingerprint density at radius 2 is 2.18 bits per heavy atom. The molecule has 0 aromatic carbocycles. The molecule has 2 aliphatic rings. The maximum Gasteiger partial charge on any atom is 0.410 e. The molecule has 2 saturated heterocycles. The average Bonchev–Trinajstić information content (AvgIpc) is 2.55. The fourth-order valence-corrected chi connectivity index (χ4v) is 2.65. The number of carbonyl (C=O) groups excluding carboxylic acids is 1. The third-order valence-corrected chi connectivity index (χ3v) is 3.62. The van der Waals surface area contributed by atoms with Crippen LogP contribution in [0, 0.1) is 11.3 Å². The second kappa shape index (κ2) is 4.14. The van der Waals surface area contributed by atoms with E-state index >= 15 is 0 Å². The number of rotatable bonds is 1. The molecule has 2 heterocycles. The van der Waals surface area contributed by atoms with Crippen molar-refractivity contribution in [1.29, 1.82) is 0 Å². The van der Waals surface area contributed by atoms with Crippen LogP contribution < -0.4 is 5.32 Å².